The van der Waals surface area contributed by atoms with Gasteiger partial charge in [-0.25, -0.2) is 0 Å². The van der Waals surface area contributed by atoms with Gasteiger partial charge in [0, 0.05) is 23.9 Å². The van der Waals surface area contributed by atoms with Crippen LogP contribution in [0.3, 0.4) is 0 Å². The number of methoxy groups -OCH3 is 1. The Morgan fingerprint density at radius 1 is 1.09 bits per heavy atom. The van der Waals surface area contributed by atoms with Crippen molar-refractivity contribution in [2.45, 2.75) is 12.6 Å². The molecule has 0 radical (unpaired) electrons. The second kappa shape index (κ2) is 6.54. The third-order valence-electron chi connectivity index (χ3n) is 3.72. The molecule has 3 rings (SSSR count). The summed E-state index contributed by atoms with van der Waals surface area (Å²) in [4.78, 5) is 0. The van der Waals surface area contributed by atoms with Crippen molar-refractivity contribution in [3.63, 3.8) is 0 Å². The number of rotatable bonds is 6. The van der Waals surface area contributed by atoms with Crippen molar-refractivity contribution in [2.75, 3.05) is 19.0 Å². The van der Waals surface area contributed by atoms with Crippen molar-refractivity contribution in [2.24, 2.45) is 0 Å². The van der Waals surface area contributed by atoms with Crippen molar-refractivity contribution in [3.8, 4) is 5.75 Å². The van der Waals surface area contributed by atoms with E-state index >= 15 is 0 Å². The predicted molar refractivity (Wildman–Crippen MR) is 89.4 cm³/mol. The van der Waals surface area contributed by atoms with Gasteiger partial charge in [0.2, 0.25) is 0 Å². The quantitative estimate of drug-likeness (QED) is 0.734. The summed E-state index contributed by atoms with van der Waals surface area (Å²) >= 11 is 0. The number of ether oxygens (including phenoxy) is 1. The molecule has 1 aromatic heterocycles. The van der Waals surface area contributed by atoms with Gasteiger partial charge in [-0.15, -0.1) is 0 Å². The van der Waals surface area contributed by atoms with Crippen LogP contribution in [0.2, 0.25) is 0 Å². The summed E-state index contributed by atoms with van der Waals surface area (Å²) in [5.74, 6) is 0.824. The minimum Gasteiger partial charge on any atom is -0.497 e. The van der Waals surface area contributed by atoms with Gasteiger partial charge in [-0.05, 0) is 41.8 Å². The lowest BCUT2D eigenvalue weighted by molar-refractivity contribution is 0.168. The van der Waals surface area contributed by atoms with Crippen LogP contribution in [0.15, 0.2) is 60.8 Å². The Morgan fingerprint density at radius 3 is 2.64 bits per heavy atom. The van der Waals surface area contributed by atoms with E-state index in [-0.39, 0.29) is 0 Å². The Bertz CT molecular complexity index is 734. The molecule has 0 fully saturated rings. The summed E-state index contributed by atoms with van der Waals surface area (Å²) in [5, 5.41) is 14.7. The zero-order chi connectivity index (χ0) is 15.4. The molecule has 0 aliphatic carbocycles. The zero-order valence-electron chi connectivity index (χ0n) is 12.6. The first kappa shape index (κ1) is 14.5. The molecule has 0 spiro atoms. The maximum atomic E-state index is 10.2. The molecule has 4 heteroatoms. The lowest BCUT2D eigenvalue weighted by atomic mass is 10.2. The fourth-order valence-corrected chi connectivity index (χ4v) is 2.54. The Hall–Kier alpha value is -2.46. The van der Waals surface area contributed by atoms with Gasteiger partial charge in [0.1, 0.15) is 5.75 Å². The molecule has 0 bridgehead atoms. The van der Waals surface area contributed by atoms with Crippen LogP contribution >= 0.6 is 0 Å². The number of aromatic nitrogens is 1. The van der Waals surface area contributed by atoms with Crippen molar-refractivity contribution in [3.05, 3.63) is 60.8 Å². The minimum absolute atomic E-state index is 0.460. The number of hydrogen-bond acceptors (Lipinski definition) is 3. The number of aliphatic hydroxyl groups is 1. The van der Waals surface area contributed by atoms with Crippen LogP contribution < -0.4 is 10.1 Å². The molecule has 0 unspecified atom stereocenters. The monoisotopic (exact) mass is 296 g/mol. The number of fused-ring (bicyclic) bond motifs is 1. The summed E-state index contributed by atoms with van der Waals surface area (Å²) in [5.41, 5.74) is 2.11. The van der Waals surface area contributed by atoms with E-state index in [0.29, 0.717) is 13.1 Å². The summed E-state index contributed by atoms with van der Waals surface area (Å²) in [6, 6.07) is 17.9. The standard InChI is InChI=1S/C18H20N2O2/c1-22-17-8-6-15(7-9-17)19-12-16(21)13-20-11-10-14-4-2-3-5-18(14)20/h2-11,16,19,21H,12-13H2,1H3/t16-/m1/s1. The van der Waals surface area contributed by atoms with E-state index in [0.717, 1.165) is 17.0 Å². The molecule has 114 valence electrons. The number of aliphatic hydroxyl groups excluding tert-OH is 1. The highest BCUT2D eigenvalue weighted by Gasteiger charge is 2.07. The Labute approximate surface area is 130 Å². The molecule has 2 N–H and O–H groups in total. The van der Waals surface area contributed by atoms with Crippen molar-refractivity contribution >= 4 is 16.6 Å². The molecular weight excluding hydrogens is 276 g/mol. The van der Waals surface area contributed by atoms with Gasteiger partial charge >= 0.3 is 0 Å². The first-order valence-corrected chi connectivity index (χ1v) is 7.36. The highest BCUT2D eigenvalue weighted by atomic mass is 16.5. The molecule has 0 saturated heterocycles. The average molecular weight is 296 g/mol. The van der Waals surface area contributed by atoms with E-state index in [1.807, 2.05) is 42.6 Å². The van der Waals surface area contributed by atoms with Crippen LogP contribution in [0.4, 0.5) is 5.69 Å². The van der Waals surface area contributed by atoms with E-state index in [2.05, 4.69) is 28.1 Å². The summed E-state index contributed by atoms with van der Waals surface area (Å²) in [6.07, 6.45) is 1.55. The van der Waals surface area contributed by atoms with E-state index in [1.54, 1.807) is 7.11 Å². The van der Waals surface area contributed by atoms with Crippen LogP contribution in [0.5, 0.6) is 5.75 Å². The SMILES string of the molecule is COc1ccc(NC[C@@H](O)Cn2ccc3ccccc32)cc1. The maximum Gasteiger partial charge on any atom is 0.119 e. The average Bonchev–Trinajstić information content (AvgIpc) is 2.97. The van der Waals surface area contributed by atoms with Crippen molar-refractivity contribution in [1.82, 2.24) is 4.57 Å². The normalized spacial score (nSPS) is 12.3. The number of para-hydroxylation sites is 1. The summed E-state index contributed by atoms with van der Waals surface area (Å²) in [6.45, 7) is 1.06. The molecule has 0 saturated carbocycles. The number of hydrogen-bond donors (Lipinski definition) is 2. The van der Waals surface area contributed by atoms with Gasteiger partial charge in [0.05, 0.1) is 19.8 Å². The zero-order valence-corrected chi connectivity index (χ0v) is 12.6. The lowest BCUT2D eigenvalue weighted by Crippen LogP contribution is -2.24. The number of anilines is 1. The number of nitrogens with one attached hydrogen (secondary N) is 1. The van der Waals surface area contributed by atoms with Gasteiger partial charge in [-0.3, -0.25) is 0 Å². The van der Waals surface area contributed by atoms with E-state index in [4.69, 9.17) is 4.74 Å². The topological polar surface area (TPSA) is 46.4 Å². The van der Waals surface area contributed by atoms with Crippen LogP contribution in [-0.4, -0.2) is 29.4 Å². The third-order valence-corrected chi connectivity index (χ3v) is 3.72. The Morgan fingerprint density at radius 2 is 1.86 bits per heavy atom. The summed E-state index contributed by atoms with van der Waals surface area (Å²) < 4.78 is 7.20. The lowest BCUT2D eigenvalue weighted by Gasteiger charge is -2.14. The van der Waals surface area contributed by atoms with Crippen LogP contribution in [0, 0.1) is 0 Å². The molecule has 1 heterocycles. The van der Waals surface area contributed by atoms with Gasteiger partial charge in [-0.2, -0.15) is 0 Å². The van der Waals surface area contributed by atoms with Gasteiger partial charge in [0.15, 0.2) is 0 Å². The first-order chi connectivity index (χ1) is 10.8. The van der Waals surface area contributed by atoms with Crippen LogP contribution in [0.1, 0.15) is 0 Å². The molecule has 22 heavy (non-hydrogen) atoms. The Balaban J connectivity index is 1.59. The second-order valence-corrected chi connectivity index (χ2v) is 5.29. The second-order valence-electron chi connectivity index (χ2n) is 5.29. The molecule has 3 aromatic rings. The molecule has 0 amide bonds. The molecular formula is C18H20N2O2. The predicted octanol–water partition coefficient (Wildman–Crippen LogP) is 3.12. The molecule has 0 aliphatic rings. The van der Waals surface area contributed by atoms with Gasteiger partial charge in [-0.1, -0.05) is 18.2 Å². The van der Waals surface area contributed by atoms with E-state index in [1.165, 1.54) is 5.39 Å². The molecule has 2 aromatic carbocycles. The van der Waals surface area contributed by atoms with Gasteiger partial charge in [0.25, 0.3) is 0 Å². The summed E-state index contributed by atoms with van der Waals surface area (Å²) in [7, 11) is 1.65. The molecule has 0 aliphatic heterocycles. The van der Waals surface area contributed by atoms with E-state index in [9.17, 15) is 5.11 Å². The number of nitrogens with zero attached hydrogens (tertiary/aromatic N) is 1. The first-order valence-electron chi connectivity index (χ1n) is 7.36. The molecule has 4 nitrogen and oxygen atoms in total. The smallest absolute Gasteiger partial charge is 0.119 e. The van der Waals surface area contributed by atoms with Crippen LogP contribution in [-0.2, 0) is 6.54 Å². The minimum atomic E-state index is -0.460. The largest absolute Gasteiger partial charge is 0.497 e. The van der Waals surface area contributed by atoms with Crippen LogP contribution in [0.25, 0.3) is 10.9 Å². The highest BCUT2D eigenvalue weighted by molar-refractivity contribution is 5.79. The molecule has 1 atom stereocenters. The number of benzene rings is 2. The van der Waals surface area contributed by atoms with Gasteiger partial charge < -0.3 is 19.7 Å². The maximum absolute atomic E-state index is 10.2. The third kappa shape index (κ3) is 3.23. The Kier molecular flexibility index (Phi) is 4.30. The fourth-order valence-electron chi connectivity index (χ4n) is 2.54. The van der Waals surface area contributed by atoms with Crippen molar-refractivity contribution < 1.29 is 9.84 Å². The van der Waals surface area contributed by atoms with Crippen molar-refractivity contribution in [1.29, 1.82) is 0 Å². The fraction of sp³-hybridized carbons (Fsp3) is 0.222. The van der Waals surface area contributed by atoms with E-state index < -0.39 is 6.10 Å². The highest BCUT2D eigenvalue weighted by Crippen LogP contribution is 2.17.